The van der Waals surface area contributed by atoms with Crippen LogP contribution in [-0.2, 0) is 0 Å². The summed E-state index contributed by atoms with van der Waals surface area (Å²) in [5.74, 6) is 0. The van der Waals surface area contributed by atoms with Crippen molar-refractivity contribution in [1.82, 2.24) is 0 Å². The van der Waals surface area contributed by atoms with Crippen LogP contribution in [0.4, 0.5) is 0 Å². The summed E-state index contributed by atoms with van der Waals surface area (Å²) in [5, 5.41) is 0. The summed E-state index contributed by atoms with van der Waals surface area (Å²) in [7, 11) is -0.372. The molecule has 0 aliphatic heterocycles. The zero-order valence-corrected chi connectivity index (χ0v) is 10.2. The maximum atomic E-state index is 6.06. The maximum absolute atomic E-state index is 6.06. The monoisotopic (exact) mass is 218 g/mol. The van der Waals surface area contributed by atoms with Gasteiger partial charge in [0.15, 0.2) is 0 Å². The average molecular weight is 220 g/mol. The van der Waals surface area contributed by atoms with Gasteiger partial charge in [-0.15, -0.1) is 34.8 Å². The topological polar surface area (TPSA) is 0 Å². The van der Waals surface area contributed by atoms with Crippen molar-refractivity contribution in [2.45, 2.75) is 35.6 Å². The zero-order chi connectivity index (χ0) is 8.36. The quantitative estimate of drug-likeness (QED) is 0.506. The molecule has 0 N–H and O–H groups in total. The van der Waals surface area contributed by atoms with Gasteiger partial charge in [0.1, 0.15) is 4.84 Å². The second kappa shape index (κ2) is 4.20. The lowest BCUT2D eigenvalue weighted by atomic mass is 10.5. The van der Waals surface area contributed by atoms with Crippen molar-refractivity contribution >= 4 is 44.3 Å². The van der Waals surface area contributed by atoms with E-state index >= 15 is 0 Å². The number of rotatable bonds is 3. The third kappa shape index (κ3) is 4.07. The van der Waals surface area contributed by atoms with E-state index in [1.54, 1.807) is 0 Å². The van der Waals surface area contributed by atoms with Crippen LogP contribution in [0.1, 0.15) is 20.8 Å². The normalized spacial score (nSPS) is 19.2. The molecule has 0 saturated carbocycles. The Bertz CT molecular complexity index is 101. The van der Waals surface area contributed by atoms with Crippen molar-refractivity contribution in [3.05, 3.63) is 0 Å². The molecule has 0 aromatic carbocycles. The van der Waals surface area contributed by atoms with Crippen molar-refractivity contribution in [3.63, 3.8) is 0 Å². The SMILES string of the molecule is CC(C)[SiH2]C(C)(Cl)C(Cl)Cl. The Morgan fingerprint density at radius 2 is 1.70 bits per heavy atom. The molecule has 1 unspecified atom stereocenters. The molecule has 0 aromatic rings. The van der Waals surface area contributed by atoms with Crippen molar-refractivity contribution in [2.75, 3.05) is 0 Å². The molecule has 0 aliphatic carbocycles. The Labute approximate surface area is 80.0 Å². The van der Waals surface area contributed by atoms with E-state index in [1.807, 2.05) is 6.92 Å². The molecule has 0 bridgehead atoms. The molecular formula is C6H13Cl3Si. The molecule has 10 heavy (non-hydrogen) atoms. The molecule has 0 spiro atoms. The van der Waals surface area contributed by atoms with Gasteiger partial charge in [-0.3, -0.25) is 0 Å². The van der Waals surface area contributed by atoms with E-state index in [0.29, 0.717) is 5.54 Å². The Kier molecular flexibility index (Phi) is 4.65. The predicted octanol–water partition coefficient (Wildman–Crippen LogP) is 2.74. The minimum Gasteiger partial charge on any atom is -0.121 e. The van der Waals surface area contributed by atoms with Crippen molar-refractivity contribution in [2.24, 2.45) is 0 Å². The van der Waals surface area contributed by atoms with Gasteiger partial charge >= 0.3 is 0 Å². The third-order valence-electron chi connectivity index (χ3n) is 1.26. The van der Waals surface area contributed by atoms with Gasteiger partial charge < -0.3 is 0 Å². The first-order valence-electron chi connectivity index (χ1n) is 3.33. The summed E-state index contributed by atoms with van der Waals surface area (Å²) in [5.41, 5.74) is 0.669. The molecular weight excluding hydrogens is 207 g/mol. The van der Waals surface area contributed by atoms with Crippen LogP contribution in [0.2, 0.25) is 5.54 Å². The lowest BCUT2D eigenvalue weighted by molar-refractivity contribution is 0.891. The second-order valence-corrected chi connectivity index (χ2v) is 9.09. The molecule has 4 heteroatoms. The Hall–Kier alpha value is 1.09. The van der Waals surface area contributed by atoms with Gasteiger partial charge in [-0.05, 0) is 6.92 Å². The van der Waals surface area contributed by atoms with Crippen LogP contribution in [0.3, 0.4) is 0 Å². The first-order valence-corrected chi connectivity index (χ1v) is 6.11. The largest absolute Gasteiger partial charge is 0.123 e. The molecule has 0 heterocycles. The van der Waals surface area contributed by atoms with Gasteiger partial charge in [-0.1, -0.05) is 19.4 Å². The summed E-state index contributed by atoms with van der Waals surface area (Å²) in [4.78, 5) is -0.428. The van der Waals surface area contributed by atoms with Gasteiger partial charge in [0.25, 0.3) is 0 Å². The van der Waals surface area contributed by atoms with Crippen molar-refractivity contribution in [3.8, 4) is 0 Å². The molecule has 0 aliphatic rings. The minimum atomic E-state index is -0.428. The lowest BCUT2D eigenvalue weighted by Gasteiger charge is -2.24. The van der Waals surface area contributed by atoms with E-state index in [1.165, 1.54) is 0 Å². The smallest absolute Gasteiger partial charge is 0.121 e. The van der Waals surface area contributed by atoms with Crippen LogP contribution in [0.5, 0.6) is 0 Å². The fourth-order valence-electron chi connectivity index (χ4n) is 0.887. The van der Waals surface area contributed by atoms with Crippen LogP contribution in [0, 0.1) is 0 Å². The van der Waals surface area contributed by atoms with E-state index in [9.17, 15) is 0 Å². The minimum absolute atomic E-state index is 0.336. The fourth-order valence-corrected chi connectivity index (χ4v) is 4.12. The lowest BCUT2D eigenvalue weighted by Crippen LogP contribution is -2.34. The van der Waals surface area contributed by atoms with Crippen LogP contribution in [-0.4, -0.2) is 18.9 Å². The van der Waals surface area contributed by atoms with E-state index in [2.05, 4.69) is 13.8 Å². The summed E-state index contributed by atoms with van der Waals surface area (Å²) in [6.45, 7) is 6.23. The number of alkyl halides is 3. The number of halogens is 3. The fraction of sp³-hybridized carbons (Fsp3) is 1.00. The first kappa shape index (κ1) is 11.1. The van der Waals surface area contributed by atoms with Gasteiger partial charge in [0.05, 0.1) is 14.0 Å². The highest BCUT2D eigenvalue weighted by Gasteiger charge is 2.29. The van der Waals surface area contributed by atoms with Crippen LogP contribution >= 0.6 is 34.8 Å². The third-order valence-corrected chi connectivity index (χ3v) is 5.67. The Morgan fingerprint density at radius 3 is 1.80 bits per heavy atom. The second-order valence-electron chi connectivity index (χ2n) is 3.18. The summed E-state index contributed by atoms with van der Waals surface area (Å²) < 4.78 is -0.336. The summed E-state index contributed by atoms with van der Waals surface area (Å²) >= 11 is 17.4. The Morgan fingerprint density at radius 1 is 1.30 bits per heavy atom. The number of hydrogen-bond acceptors (Lipinski definition) is 0. The average Bonchev–Trinajstić information content (AvgIpc) is 1.60. The predicted molar refractivity (Wildman–Crippen MR) is 53.4 cm³/mol. The van der Waals surface area contributed by atoms with Crippen molar-refractivity contribution < 1.29 is 0 Å². The highest BCUT2D eigenvalue weighted by atomic mass is 35.5. The van der Waals surface area contributed by atoms with E-state index in [-0.39, 0.29) is 14.0 Å². The van der Waals surface area contributed by atoms with E-state index in [4.69, 9.17) is 34.8 Å². The van der Waals surface area contributed by atoms with Gasteiger partial charge in [0, 0.05) is 0 Å². The maximum Gasteiger partial charge on any atom is 0.123 e. The molecule has 0 amide bonds. The van der Waals surface area contributed by atoms with Crippen molar-refractivity contribution in [1.29, 1.82) is 0 Å². The Balaban J connectivity index is 3.87. The van der Waals surface area contributed by atoms with Crippen LogP contribution in [0.15, 0.2) is 0 Å². The highest BCUT2D eigenvalue weighted by Crippen LogP contribution is 2.28. The number of hydrogen-bond donors (Lipinski definition) is 0. The molecule has 0 rings (SSSR count). The zero-order valence-electron chi connectivity index (χ0n) is 6.50. The summed E-state index contributed by atoms with van der Waals surface area (Å²) in [6, 6.07) is 0. The molecule has 0 nitrogen and oxygen atoms in total. The van der Waals surface area contributed by atoms with Gasteiger partial charge in [0.2, 0.25) is 0 Å². The van der Waals surface area contributed by atoms with Gasteiger partial charge in [-0.2, -0.15) is 0 Å². The van der Waals surface area contributed by atoms with Crippen LogP contribution in [0.25, 0.3) is 0 Å². The standard InChI is InChI=1S/C6H13Cl3Si/c1-4(2)10-6(3,9)5(7)8/h4-5H,10H2,1-3H3. The molecule has 0 radical (unpaired) electrons. The molecule has 0 aromatic heterocycles. The van der Waals surface area contributed by atoms with E-state index < -0.39 is 4.84 Å². The molecule has 0 saturated heterocycles. The summed E-state index contributed by atoms with van der Waals surface area (Å²) in [6.07, 6.45) is 0. The molecule has 62 valence electrons. The van der Waals surface area contributed by atoms with E-state index in [0.717, 1.165) is 0 Å². The first-order chi connectivity index (χ1) is 4.36. The van der Waals surface area contributed by atoms with Gasteiger partial charge in [-0.25, -0.2) is 0 Å². The molecule has 0 fully saturated rings. The highest BCUT2D eigenvalue weighted by molar-refractivity contribution is 6.65. The van der Waals surface area contributed by atoms with Crippen LogP contribution < -0.4 is 0 Å². The molecule has 1 atom stereocenters.